The topological polar surface area (TPSA) is 29.5 Å². The van der Waals surface area contributed by atoms with E-state index >= 15 is 0 Å². The molecule has 0 saturated heterocycles. The molecule has 0 saturated carbocycles. The molecular formula is C13H17F2NO2. The molecule has 0 amide bonds. The van der Waals surface area contributed by atoms with Gasteiger partial charge in [-0.1, -0.05) is 0 Å². The van der Waals surface area contributed by atoms with Gasteiger partial charge in [0.25, 0.3) is 0 Å². The van der Waals surface area contributed by atoms with Gasteiger partial charge in [-0.3, -0.25) is 9.69 Å². The largest absolute Gasteiger partial charge is 0.380 e. The average Bonchev–Trinajstić information content (AvgIpc) is 2.33. The Kier molecular flexibility index (Phi) is 5.88. The molecular weight excluding hydrogens is 240 g/mol. The van der Waals surface area contributed by atoms with E-state index in [1.165, 1.54) is 6.07 Å². The van der Waals surface area contributed by atoms with E-state index < -0.39 is 11.6 Å². The van der Waals surface area contributed by atoms with Crippen LogP contribution in [-0.4, -0.2) is 44.0 Å². The summed E-state index contributed by atoms with van der Waals surface area (Å²) in [6, 6.07) is 3.17. The molecule has 5 heteroatoms. The highest BCUT2D eigenvalue weighted by Crippen LogP contribution is 2.09. The van der Waals surface area contributed by atoms with E-state index in [1.54, 1.807) is 11.9 Å². The molecule has 0 bridgehead atoms. The van der Waals surface area contributed by atoms with Crippen molar-refractivity contribution in [2.24, 2.45) is 0 Å². The fourth-order valence-electron chi connectivity index (χ4n) is 1.45. The van der Waals surface area contributed by atoms with Gasteiger partial charge in [0, 0.05) is 18.7 Å². The molecule has 0 aliphatic carbocycles. The van der Waals surface area contributed by atoms with Gasteiger partial charge in [0.1, 0.15) is 0 Å². The smallest absolute Gasteiger partial charge is 0.176 e. The van der Waals surface area contributed by atoms with Gasteiger partial charge in [0.2, 0.25) is 0 Å². The summed E-state index contributed by atoms with van der Waals surface area (Å²) in [5.74, 6) is -2.19. The van der Waals surface area contributed by atoms with Gasteiger partial charge in [0.15, 0.2) is 17.4 Å². The number of carbonyl (C=O) groups excluding carboxylic acids is 1. The maximum atomic E-state index is 13.0. The second-order valence-electron chi connectivity index (χ2n) is 3.99. The number of hydrogen-bond acceptors (Lipinski definition) is 3. The van der Waals surface area contributed by atoms with Crippen molar-refractivity contribution in [2.75, 3.05) is 33.4 Å². The zero-order valence-electron chi connectivity index (χ0n) is 10.6. The van der Waals surface area contributed by atoms with E-state index in [0.717, 1.165) is 12.1 Å². The van der Waals surface area contributed by atoms with Crippen LogP contribution in [0.2, 0.25) is 0 Å². The summed E-state index contributed by atoms with van der Waals surface area (Å²) in [7, 11) is 1.77. The zero-order valence-corrected chi connectivity index (χ0v) is 10.6. The molecule has 0 spiro atoms. The lowest BCUT2D eigenvalue weighted by Gasteiger charge is -2.15. The number of rotatable bonds is 7. The number of likely N-dealkylation sites (N-methyl/N-ethyl adjacent to an activating group) is 1. The Balaban J connectivity index is 2.51. The van der Waals surface area contributed by atoms with E-state index in [4.69, 9.17) is 4.74 Å². The molecule has 0 aliphatic heterocycles. The van der Waals surface area contributed by atoms with Crippen molar-refractivity contribution >= 4 is 5.78 Å². The number of hydrogen-bond donors (Lipinski definition) is 0. The van der Waals surface area contributed by atoms with Gasteiger partial charge in [0.05, 0.1) is 13.2 Å². The molecule has 1 aromatic carbocycles. The molecule has 0 unspecified atom stereocenters. The first-order valence-electron chi connectivity index (χ1n) is 5.79. The first kappa shape index (κ1) is 14.7. The van der Waals surface area contributed by atoms with Gasteiger partial charge in [-0.15, -0.1) is 0 Å². The average molecular weight is 257 g/mol. The van der Waals surface area contributed by atoms with Crippen molar-refractivity contribution in [1.29, 1.82) is 0 Å². The second kappa shape index (κ2) is 7.18. The fourth-order valence-corrected chi connectivity index (χ4v) is 1.45. The second-order valence-corrected chi connectivity index (χ2v) is 3.99. The van der Waals surface area contributed by atoms with Crippen molar-refractivity contribution in [1.82, 2.24) is 4.90 Å². The van der Waals surface area contributed by atoms with Crippen LogP contribution < -0.4 is 0 Å². The number of carbonyl (C=O) groups is 1. The normalized spacial score (nSPS) is 10.9. The molecule has 0 aliphatic rings. The van der Waals surface area contributed by atoms with Crippen LogP contribution in [-0.2, 0) is 4.74 Å². The molecule has 0 fully saturated rings. The number of ketones is 1. The Morgan fingerprint density at radius 1 is 1.33 bits per heavy atom. The molecule has 0 radical (unpaired) electrons. The van der Waals surface area contributed by atoms with Crippen molar-refractivity contribution in [3.8, 4) is 0 Å². The first-order valence-corrected chi connectivity index (χ1v) is 5.79. The van der Waals surface area contributed by atoms with Crippen molar-refractivity contribution in [3.05, 3.63) is 35.4 Å². The SMILES string of the molecule is CCOCCN(C)CC(=O)c1ccc(F)c(F)c1. The van der Waals surface area contributed by atoms with Crippen LogP contribution in [0.4, 0.5) is 8.78 Å². The molecule has 1 rings (SSSR count). The highest BCUT2D eigenvalue weighted by Gasteiger charge is 2.11. The predicted molar refractivity (Wildman–Crippen MR) is 64.7 cm³/mol. The minimum Gasteiger partial charge on any atom is -0.380 e. The summed E-state index contributed by atoms with van der Waals surface area (Å²) in [6.07, 6.45) is 0. The highest BCUT2D eigenvalue weighted by atomic mass is 19.2. The van der Waals surface area contributed by atoms with Crippen LogP contribution in [0, 0.1) is 11.6 Å². The standard InChI is InChI=1S/C13H17F2NO2/c1-3-18-7-6-16(2)9-13(17)10-4-5-11(14)12(15)8-10/h4-5,8H,3,6-7,9H2,1-2H3. The third-order valence-electron chi connectivity index (χ3n) is 2.48. The Bertz CT molecular complexity index is 410. The Labute approximate surface area is 105 Å². The van der Waals surface area contributed by atoms with Crippen LogP contribution in [0.25, 0.3) is 0 Å². The molecule has 0 atom stereocenters. The van der Waals surface area contributed by atoms with Crippen LogP contribution in [0.3, 0.4) is 0 Å². The minimum atomic E-state index is -1.00. The van der Waals surface area contributed by atoms with Crippen molar-refractivity contribution in [3.63, 3.8) is 0 Å². The van der Waals surface area contributed by atoms with Gasteiger partial charge in [-0.2, -0.15) is 0 Å². The minimum absolute atomic E-state index is 0.151. The number of ether oxygens (including phenoxy) is 1. The molecule has 0 heterocycles. The maximum Gasteiger partial charge on any atom is 0.176 e. The van der Waals surface area contributed by atoms with E-state index in [-0.39, 0.29) is 17.9 Å². The maximum absolute atomic E-state index is 13.0. The van der Waals surface area contributed by atoms with E-state index in [2.05, 4.69) is 0 Å². The molecule has 100 valence electrons. The highest BCUT2D eigenvalue weighted by molar-refractivity contribution is 5.97. The van der Waals surface area contributed by atoms with E-state index in [9.17, 15) is 13.6 Å². The lowest BCUT2D eigenvalue weighted by Crippen LogP contribution is -2.29. The number of nitrogens with zero attached hydrogens (tertiary/aromatic N) is 1. The summed E-state index contributed by atoms with van der Waals surface area (Å²) in [5.41, 5.74) is 0.178. The lowest BCUT2D eigenvalue weighted by atomic mass is 10.1. The Morgan fingerprint density at radius 2 is 2.06 bits per heavy atom. The third-order valence-corrected chi connectivity index (χ3v) is 2.48. The Morgan fingerprint density at radius 3 is 2.67 bits per heavy atom. The van der Waals surface area contributed by atoms with Crippen LogP contribution in [0.5, 0.6) is 0 Å². The number of benzene rings is 1. The fraction of sp³-hybridized carbons (Fsp3) is 0.462. The quantitative estimate of drug-likeness (QED) is 0.553. The molecule has 0 aromatic heterocycles. The van der Waals surface area contributed by atoms with Crippen LogP contribution in [0.15, 0.2) is 18.2 Å². The van der Waals surface area contributed by atoms with Gasteiger partial charge in [-0.25, -0.2) is 8.78 Å². The van der Waals surface area contributed by atoms with Crippen LogP contribution in [0.1, 0.15) is 17.3 Å². The summed E-state index contributed by atoms with van der Waals surface area (Å²) < 4.78 is 30.8. The summed E-state index contributed by atoms with van der Waals surface area (Å²) in [4.78, 5) is 13.6. The number of Topliss-reactive ketones (excluding diaryl/α,β-unsaturated/α-hetero) is 1. The van der Waals surface area contributed by atoms with Crippen molar-refractivity contribution < 1.29 is 18.3 Å². The van der Waals surface area contributed by atoms with Gasteiger partial charge < -0.3 is 4.74 Å². The molecule has 1 aromatic rings. The van der Waals surface area contributed by atoms with Gasteiger partial charge in [-0.05, 0) is 32.2 Å². The van der Waals surface area contributed by atoms with E-state index in [0.29, 0.717) is 19.8 Å². The van der Waals surface area contributed by atoms with Gasteiger partial charge >= 0.3 is 0 Å². The summed E-state index contributed by atoms with van der Waals surface area (Å²) in [5, 5.41) is 0. The number of halogens is 2. The monoisotopic (exact) mass is 257 g/mol. The molecule has 18 heavy (non-hydrogen) atoms. The zero-order chi connectivity index (χ0) is 13.5. The summed E-state index contributed by atoms with van der Waals surface area (Å²) >= 11 is 0. The molecule has 3 nitrogen and oxygen atoms in total. The summed E-state index contributed by atoms with van der Waals surface area (Å²) in [6.45, 7) is 3.83. The predicted octanol–water partition coefficient (Wildman–Crippen LogP) is 2.12. The van der Waals surface area contributed by atoms with Crippen LogP contribution >= 0.6 is 0 Å². The van der Waals surface area contributed by atoms with E-state index in [1.807, 2.05) is 6.92 Å². The molecule has 0 N–H and O–H groups in total. The van der Waals surface area contributed by atoms with Crippen molar-refractivity contribution in [2.45, 2.75) is 6.92 Å². The Hall–Kier alpha value is -1.33. The lowest BCUT2D eigenvalue weighted by molar-refractivity contribution is 0.0896. The third kappa shape index (κ3) is 4.50. The first-order chi connectivity index (χ1) is 8.54.